The van der Waals surface area contributed by atoms with E-state index in [1.807, 2.05) is 13.8 Å². The molecule has 2 nitrogen and oxygen atoms in total. The first-order valence-corrected chi connectivity index (χ1v) is 6.69. The van der Waals surface area contributed by atoms with Crippen LogP contribution in [0.25, 0.3) is 0 Å². The van der Waals surface area contributed by atoms with Crippen molar-refractivity contribution in [2.24, 2.45) is 0 Å². The van der Waals surface area contributed by atoms with Gasteiger partial charge in [0.05, 0.1) is 5.56 Å². The van der Waals surface area contributed by atoms with E-state index < -0.39 is 11.9 Å². The number of hydrogen-bond acceptors (Lipinski definition) is 1. The largest absolute Gasteiger partial charge is 0.478 e. The third kappa shape index (κ3) is 4.30. The third-order valence-corrected chi connectivity index (χ3v) is 3.35. The highest BCUT2D eigenvalue weighted by molar-refractivity contribution is 5.87. The molecule has 19 heavy (non-hydrogen) atoms. The van der Waals surface area contributed by atoms with Gasteiger partial charge in [0.25, 0.3) is 0 Å². The summed E-state index contributed by atoms with van der Waals surface area (Å²) in [5, 5.41) is 8.76. The van der Waals surface area contributed by atoms with Crippen molar-refractivity contribution < 1.29 is 18.7 Å². The quantitative estimate of drug-likeness (QED) is 0.845. The van der Waals surface area contributed by atoms with Gasteiger partial charge in [0.2, 0.25) is 5.92 Å². The highest BCUT2D eigenvalue weighted by Crippen LogP contribution is 2.40. The van der Waals surface area contributed by atoms with Crippen LogP contribution in [0, 0.1) is 0 Å². The molecule has 0 aromatic heterocycles. The van der Waals surface area contributed by atoms with Gasteiger partial charge in [-0.05, 0) is 36.5 Å². The minimum absolute atomic E-state index is 0.0711. The number of halogens is 2. The smallest absolute Gasteiger partial charge is 0.335 e. The number of rotatable bonds is 2. The highest BCUT2D eigenvalue weighted by Gasteiger charge is 2.35. The molecule has 1 aromatic carbocycles. The number of carbonyl (C=O) groups is 1. The van der Waals surface area contributed by atoms with Gasteiger partial charge in [-0.2, -0.15) is 0 Å². The van der Waals surface area contributed by atoms with Gasteiger partial charge in [-0.25, -0.2) is 13.6 Å². The molecule has 0 unspecified atom stereocenters. The number of alkyl halides is 2. The standard InChI is InChI=1S/C13H14F2O2.C2H6/c14-13(15)7-5-10(6-8-13)9-1-3-11(4-2-9)12(16)17;1-2/h1-4,10H,5-8H2,(H,16,17);1-2H3. The average Bonchev–Trinajstić information content (AvgIpc) is 2.41. The SMILES string of the molecule is CC.O=C(O)c1ccc(C2CCC(F)(F)CC2)cc1. The fourth-order valence-corrected chi connectivity index (χ4v) is 2.27. The van der Waals surface area contributed by atoms with Gasteiger partial charge in [0.1, 0.15) is 0 Å². The molecule has 0 saturated heterocycles. The summed E-state index contributed by atoms with van der Waals surface area (Å²) in [4.78, 5) is 10.7. The number of carboxylic acid groups (broad SMARTS) is 1. The maximum absolute atomic E-state index is 13.0. The normalized spacial score (nSPS) is 18.3. The fraction of sp³-hybridized carbons (Fsp3) is 0.533. The molecule has 1 fully saturated rings. The lowest BCUT2D eigenvalue weighted by molar-refractivity contribution is -0.0382. The van der Waals surface area contributed by atoms with Gasteiger partial charge in [-0.1, -0.05) is 26.0 Å². The zero-order valence-corrected chi connectivity index (χ0v) is 11.3. The second-order valence-corrected chi connectivity index (χ2v) is 4.56. The number of hydrogen-bond donors (Lipinski definition) is 1. The molecule has 1 aliphatic rings. The van der Waals surface area contributed by atoms with E-state index in [1.165, 1.54) is 12.1 Å². The van der Waals surface area contributed by atoms with Crippen molar-refractivity contribution in [3.63, 3.8) is 0 Å². The van der Waals surface area contributed by atoms with Crippen molar-refractivity contribution in [3.05, 3.63) is 35.4 Å². The van der Waals surface area contributed by atoms with E-state index in [0.29, 0.717) is 12.8 Å². The highest BCUT2D eigenvalue weighted by atomic mass is 19.3. The molecule has 0 spiro atoms. The summed E-state index contributed by atoms with van der Waals surface area (Å²) in [5.41, 5.74) is 1.19. The lowest BCUT2D eigenvalue weighted by atomic mass is 9.82. The summed E-state index contributed by atoms with van der Waals surface area (Å²) in [5.74, 6) is -3.35. The van der Waals surface area contributed by atoms with Crippen LogP contribution in [0.3, 0.4) is 0 Å². The summed E-state index contributed by atoms with van der Waals surface area (Å²) in [6.45, 7) is 4.00. The van der Waals surface area contributed by atoms with Crippen LogP contribution in [0.1, 0.15) is 61.4 Å². The molecular weight excluding hydrogens is 250 g/mol. The minimum atomic E-state index is -2.52. The number of aromatic carboxylic acids is 1. The Morgan fingerprint density at radius 1 is 1.16 bits per heavy atom. The van der Waals surface area contributed by atoms with Crippen LogP contribution in [-0.4, -0.2) is 17.0 Å². The predicted molar refractivity (Wildman–Crippen MR) is 70.9 cm³/mol. The third-order valence-electron chi connectivity index (χ3n) is 3.35. The summed E-state index contributed by atoms with van der Waals surface area (Å²) in [6.07, 6.45) is 0.801. The first kappa shape index (κ1) is 15.6. The Balaban J connectivity index is 0.000000861. The summed E-state index contributed by atoms with van der Waals surface area (Å²) in [6, 6.07) is 6.53. The first-order chi connectivity index (χ1) is 8.98. The van der Waals surface area contributed by atoms with Crippen LogP contribution < -0.4 is 0 Å². The average molecular weight is 270 g/mol. The molecule has 1 aliphatic carbocycles. The molecule has 106 valence electrons. The Labute approximate surface area is 112 Å². The predicted octanol–water partition coefficient (Wildman–Crippen LogP) is 4.70. The Morgan fingerprint density at radius 3 is 2.05 bits per heavy atom. The lowest BCUT2D eigenvalue weighted by Crippen LogP contribution is -2.23. The Hall–Kier alpha value is -1.45. The molecule has 1 aromatic rings. The zero-order chi connectivity index (χ0) is 14.5. The van der Waals surface area contributed by atoms with Crippen LogP contribution in [0.5, 0.6) is 0 Å². The zero-order valence-electron chi connectivity index (χ0n) is 11.3. The maximum Gasteiger partial charge on any atom is 0.335 e. The van der Waals surface area contributed by atoms with E-state index in [9.17, 15) is 13.6 Å². The van der Waals surface area contributed by atoms with E-state index in [4.69, 9.17) is 5.11 Å². The molecule has 0 bridgehead atoms. The maximum atomic E-state index is 13.0. The first-order valence-electron chi connectivity index (χ1n) is 6.69. The van der Waals surface area contributed by atoms with Crippen molar-refractivity contribution in [3.8, 4) is 0 Å². The Morgan fingerprint density at radius 2 is 1.63 bits per heavy atom. The van der Waals surface area contributed by atoms with Crippen molar-refractivity contribution in [2.75, 3.05) is 0 Å². The van der Waals surface area contributed by atoms with Crippen molar-refractivity contribution >= 4 is 5.97 Å². The molecule has 0 amide bonds. The van der Waals surface area contributed by atoms with Crippen molar-refractivity contribution in [1.82, 2.24) is 0 Å². The number of benzene rings is 1. The van der Waals surface area contributed by atoms with Crippen LogP contribution in [-0.2, 0) is 0 Å². The summed E-state index contributed by atoms with van der Waals surface area (Å²) < 4.78 is 26.0. The molecule has 0 aliphatic heterocycles. The van der Waals surface area contributed by atoms with Crippen LogP contribution in [0.15, 0.2) is 24.3 Å². The van der Waals surface area contributed by atoms with Gasteiger partial charge in [0.15, 0.2) is 0 Å². The molecule has 1 N–H and O–H groups in total. The van der Waals surface area contributed by atoms with Crippen molar-refractivity contribution in [1.29, 1.82) is 0 Å². The van der Waals surface area contributed by atoms with E-state index >= 15 is 0 Å². The van der Waals surface area contributed by atoms with Crippen LogP contribution in [0.2, 0.25) is 0 Å². The molecule has 0 atom stereocenters. The summed E-state index contributed by atoms with van der Waals surface area (Å²) in [7, 11) is 0. The number of carboxylic acids is 1. The Kier molecular flexibility index (Phi) is 5.45. The molecule has 0 heterocycles. The molecule has 2 rings (SSSR count). The Bertz CT molecular complexity index is 403. The second-order valence-electron chi connectivity index (χ2n) is 4.56. The van der Waals surface area contributed by atoms with E-state index in [0.717, 1.165) is 5.56 Å². The minimum Gasteiger partial charge on any atom is -0.478 e. The van der Waals surface area contributed by atoms with Gasteiger partial charge in [0, 0.05) is 12.8 Å². The van der Waals surface area contributed by atoms with Crippen molar-refractivity contribution in [2.45, 2.75) is 51.4 Å². The fourth-order valence-electron chi connectivity index (χ4n) is 2.27. The molecule has 4 heteroatoms. The second kappa shape index (κ2) is 6.64. The molecular formula is C15H20F2O2. The lowest BCUT2D eigenvalue weighted by Gasteiger charge is -2.28. The molecule has 1 saturated carbocycles. The monoisotopic (exact) mass is 270 g/mol. The van der Waals surface area contributed by atoms with E-state index in [1.54, 1.807) is 12.1 Å². The van der Waals surface area contributed by atoms with Crippen LogP contribution in [0.4, 0.5) is 8.78 Å². The van der Waals surface area contributed by atoms with E-state index in [-0.39, 0.29) is 24.3 Å². The van der Waals surface area contributed by atoms with Gasteiger partial charge >= 0.3 is 5.97 Å². The molecule has 0 radical (unpaired) electrons. The van der Waals surface area contributed by atoms with E-state index in [2.05, 4.69) is 0 Å². The summed E-state index contributed by atoms with van der Waals surface area (Å²) >= 11 is 0. The van der Waals surface area contributed by atoms with Gasteiger partial charge in [-0.15, -0.1) is 0 Å². The topological polar surface area (TPSA) is 37.3 Å². The van der Waals surface area contributed by atoms with Gasteiger partial charge in [-0.3, -0.25) is 0 Å². The van der Waals surface area contributed by atoms with Crippen LogP contribution >= 0.6 is 0 Å². The van der Waals surface area contributed by atoms with Gasteiger partial charge < -0.3 is 5.11 Å².